The zero-order valence-electron chi connectivity index (χ0n) is 11.8. The van der Waals surface area contributed by atoms with Gasteiger partial charge in [0.25, 0.3) is 0 Å². The van der Waals surface area contributed by atoms with Crippen LogP contribution in [-0.2, 0) is 0 Å². The number of rotatable bonds is 4. The van der Waals surface area contributed by atoms with Gasteiger partial charge in [-0.1, -0.05) is 60.7 Å². The van der Waals surface area contributed by atoms with E-state index in [1.807, 2.05) is 0 Å². The van der Waals surface area contributed by atoms with Crippen molar-refractivity contribution in [1.82, 2.24) is 4.90 Å². The molecular formula is C18H22N2. The number of nitrogens with two attached hydrogens (primary N) is 1. The smallest absolute Gasteiger partial charge is 0.0604 e. The van der Waals surface area contributed by atoms with Gasteiger partial charge in [0, 0.05) is 12.6 Å². The van der Waals surface area contributed by atoms with Crippen LogP contribution in [0.25, 0.3) is 0 Å². The topological polar surface area (TPSA) is 29.3 Å². The molecule has 0 aromatic heterocycles. The lowest BCUT2D eigenvalue weighted by molar-refractivity contribution is 0.211. The van der Waals surface area contributed by atoms with Gasteiger partial charge < -0.3 is 5.73 Å². The maximum absolute atomic E-state index is 5.98. The van der Waals surface area contributed by atoms with Crippen LogP contribution in [-0.4, -0.2) is 24.0 Å². The van der Waals surface area contributed by atoms with Crippen molar-refractivity contribution >= 4 is 0 Å². The monoisotopic (exact) mass is 266 g/mol. The van der Waals surface area contributed by atoms with Gasteiger partial charge in [0.05, 0.1) is 6.04 Å². The minimum Gasteiger partial charge on any atom is -0.329 e. The lowest BCUT2D eigenvalue weighted by Gasteiger charge is -2.33. The second-order valence-electron chi connectivity index (χ2n) is 5.49. The third kappa shape index (κ3) is 2.62. The maximum atomic E-state index is 5.98. The molecule has 2 heteroatoms. The summed E-state index contributed by atoms with van der Waals surface area (Å²) in [4.78, 5) is 2.57. The largest absolute Gasteiger partial charge is 0.329 e. The van der Waals surface area contributed by atoms with Crippen molar-refractivity contribution < 1.29 is 0 Å². The molecule has 0 radical (unpaired) electrons. The fourth-order valence-corrected chi connectivity index (χ4v) is 3.30. The first-order valence-electron chi connectivity index (χ1n) is 7.46. The Hall–Kier alpha value is -1.64. The second-order valence-corrected chi connectivity index (χ2v) is 5.49. The van der Waals surface area contributed by atoms with E-state index >= 15 is 0 Å². The van der Waals surface area contributed by atoms with Gasteiger partial charge >= 0.3 is 0 Å². The number of nitrogens with zero attached hydrogens (tertiary/aromatic N) is 1. The highest BCUT2D eigenvalue weighted by Crippen LogP contribution is 2.34. The summed E-state index contributed by atoms with van der Waals surface area (Å²) < 4.78 is 0. The van der Waals surface area contributed by atoms with Gasteiger partial charge in [0.15, 0.2) is 0 Å². The summed E-state index contributed by atoms with van der Waals surface area (Å²) in [5, 5.41) is 0. The maximum Gasteiger partial charge on any atom is 0.0604 e. The number of likely N-dealkylation sites (tertiary alicyclic amines) is 1. The Kier molecular flexibility index (Phi) is 4.14. The predicted octanol–water partition coefficient (Wildman–Crippen LogP) is 3.20. The van der Waals surface area contributed by atoms with Gasteiger partial charge in [-0.05, 0) is 30.5 Å². The van der Waals surface area contributed by atoms with E-state index in [1.165, 1.54) is 24.0 Å². The summed E-state index contributed by atoms with van der Waals surface area (Å²) in [5.41, 5.74) is 8.70. The van der Waals surface area contributed by atoms with Crippen molar-refractivity contribution in [2.24, 2.45) is 5.73 Å². The summed E-state index contributed by atoms with van der Waals surface area (Å²) >= 11 is 0. The highest BCUT2D eigenvalue weighted by atomic mass is 15.2. The van der Waals surface area contributed by atoms with Crippen molar-refractivity contribution in [3.05, 3.63) is 71.8 Å². The first-order valence-corrected chi connectivity index (χ1v) is 7.46. The van der Waals surface area contributed by atoms with E-state index in [1.54, 1.807) is 0 Å². The number of hydrogen-bond acceptors (Lipinski definition) is 2. The Labute approximate surface area is 121 Å². The van der Waals surface area contributed by atoms with Crippen LogP contribution in [0.1, 0.15) is 30.0 Å². The molecule has 20 heavy (non-hydrogen) atoms. The average molecular weight is 266 g/mol. The third-order valence-corrected chi connectivity index (χ3v) is 4.26. The molecule has 0 spiro atoms. The molecule has 104 valence electrons. The molecule has 0 aliphatic carbocycles. The fourth-order valence-electron chi connectivity index (χ4n) is 3.30. The lowest BCUT2D eigenvalue weighted by atomic mass is 9.96. The van der Waals surface area contributed by atoms with Gasteiger partial charge in [-0.3, -0.25) is 4.90 Å². The quantitative estimate of drug-likeness (QED) is 0.921. The first-order chi connectivity index (χ1) is 9.90. The van der Waals surface area contributed by atoms with Crippen LogP contribution in [0, 0.1) is 0 Å². The van der Waals surface area contributed by atoms with E-state index in [-0.39, 0.29) is 0 Å². The summed E-state index contributed by atoms with van der Waals surface area (Å²) in [6.07, 6.45) is 2.46. The summed E-state index contributed by atoms with van der Waals surface area (Å²) in [6.45, 7) is 1.88. The van der Waals surface area contributed by atoms with E-state index in [4.69, 9.17) is 5.73 Å². The minimum absolute atomic E-state index is 0.327. The van der Waals surface area contributed by atoms with E-state index in [9.17, 15) is 0 Å². The van der Waals surface area contributed by atoms with Gasteiger partial charge in [-0.15, -0.1) is 0 Å². The molecule has 1 unspecified atom stereocenters. The first kappa shape index (κ1) is 13.3. The molecule has 1 aliphatic heterocycles. The normalized spacial score (nSPS) is 19.6. The van der Waals surface area contributed by atoms with Crippen molar-refractivity contribution in [1.29, 1.82) is 0 Å². The molecule has 2 nitrogen and oxygen atoms in total. The van der Waals surface area contributed by atoms with Gasteiger partial charge in [0.1, 0.15) is 0 Å². The highest BCUT2D eigenvalue weighted by Gasteiger charge is 2.31. The van der Waals surface area contributed by atoms with Crippen molar-refractivity contribution in [2.45, 2.75) is 24.9 Å². The zero-order chi connectivity index (χ0) is 13.8. The molecular weight excluding hydrogens is 244 g/mol. The van der Waals surface area contributed by atoms with Crippen LogP contribution in [0.3, 0.4) is 0 Å². The lowest BCUT2D eigenvalue weighted by Crippen LogP contribution is -2.38. The molecule has 0 saturated carbocycles. The molecule has 0 amide bonds. The molecule has 1 fully saturated rings. The SMILES string of the molecule is NCC1CCCN1C(c1ccccc1)c1ccccc1. The summed E-state index contributed by atoms with van der Waals surface area (Å²) in [7, 11) is 0. The molecule has 2 aromatic rings. The van der Waals surface area contributed by atoms with E-state index in [0.29, 0.717) is 12.1 Å². The van der Waals surface area contributed by atoms with Crippen molar-refractivity contribution in [3.8, 4) is 0 Å². The van der Waals surface area contributed by atoms with Crippen molar-refractivity contribution in [3.63, 3.8) is 0 Å². The summed E-state index contributed by atoms with van der Waals surface area (Å²) in [5.74, 6) is 0. The number of hydrogen-bond donors (Lipinski definition) is 1. The zero-order valence-corrected chi connectivity index (χ0v) is 11.8. The molecule has 0 bridgehead atoms. The van der Waals surface area contributed by atoms with Gasteiger partial charge in [-0.25, -0.2) is 0 Å². The van der Waals surface area contributed by atoms with Crippen LogP contribution < -0.4 is 5.73 Å². The van der Waals surface area contributed by atoms with Crippen LogP contribution >= 0.6 is 0 Å². The van der Waals surface area contributed by atoms with E-state index < -0.39 is 0 Å². The summed E-state index contributed by atoms with van der Waals surface area (Å²) in [6, 6.07) is 22.4. The number of benzene rings is 2. The molecule has 1 heterocycles. The fraction of sp³-hybridized carbons (Fsp3) is 0.333. The van der Waals surface area contributed by atoms with Gasteiger partial charge in [0.2, 0.25) is 0 Å². The molecule has 1 atom stereocenters. The standard InChI is InChI=1S/C18H22N2/c19-14-17-12-7-13-20(17)18(15-8-3-1-4-9-15)16-10-5-2-6-11-16/h1-6,8-11,17-18H,7,12-14,19H2. The van der Waals surface area contributed by atoms with Crippen LogP contribution in [0.5, 0.6) is 0 Å². The third-order valence-electron chi connectivity index (χ3n) is 4.26. The van der Waals surface area contributed by atoms with Gasteiger partial charge in [-0.2, -0.15) is 0 Å². The van der Waals surface area contributed by atoms with Crippen LogP contribution in [0.15, 0.2) is 60.7 Å². The van der Waals surface area contributed by atoms with Crippen LogP contribution in [0.2, 0.25) is 0 Å². The molecule has 2 aromatic carbocycles. The predicted molar refractivity (Wildman–Crippen MR) is 83.5 cm³/mol. The van der Waals surface area contributed by atoms with E-state index in [0.717, 1.165) is 13.1 Å². The Morgan fingerprint density at radius 2 is 1.50 bits per heavy atom. The molecule has 1 aliphatic rings. The van der Waals surface area contributed by atoms with E-state index in [2.05, 4.69) is 65.6 Å². The second kappa shape index (κ2) is 6.21. The van der Waals surface area contributed by atoms with Crippen molar-refractivity contribution in [2.75, 3.05) is 13.1 Å². The van der Waals surface area contributed by atoms with Crippen LogP contribution in [0.4, 0.5) is 0 Å². The highest BCUT2D eigenvalue weighted by molar-refractivity contribution is 5.32. The minimum atomic E-state index is 0.327. The Bertz CT molecular complexity index is 484. The molecule has 1 saturated heterocycles. The Balaban J connectivity index is 2.00. The Morgan fingerprint density at radius 1 is 0.950 bits per heavy atom. The average Bonchev–Trinajstić information content (AvgIpc) is 2.98. The molecule has 3 rings (SSSR count). The molecule has 2 N–H and O–H groups in total. The Morgan fingerprint density at radius 3 is 2.00 bits per heavy atom.